The summed E-state index contributed by atoms with van der Waals surface area (Å²) in [5.41, 5.74) is 4.31. The summed E-state index contributed by atoms with van der Waals surface area (Å²) in [6, 6.07) is 11.9. The van der Waals surface area contributed by atoms with Crippen molar-refractivity contribution in [3.05, 3.63) is 65.1 Å². The summed E-state index contributed by atoms with van der Waals surface area (Å²) in [6.45, 7) is 5.45. The number of hydrogen-bond acceptors (Lipinski definition) is 3. The van der Waals surface area contributed by atoms with Crippen molar-refractivity contribution in [2.75, 3.05) is 13.1 Å². The average molecular weight is 320 g/mol. The van der Waals surface area contributed by atoms with Gasteiger partial charge < -0.3 is 15.6 Å². The van der Waals surface area contributed by atoms with E-state index in [4.69, 9.17) is 0 Å². The van der Waals surface area contributed by atoms with E-state index in [1.54, 1.807) is 6.20 Å². The van der Waals surface area contributed by atoms with Crippen LogP contribution in [-0.2, 0) is 5.54 Å². The van der Waals surface area contributed by atoms with Gasteiger partial charge in [-0.25, -0.2) is 0 Å². The molecule has 1 amide bonds. The van der Waals surface area contributed by atoms with E-state index in [2.05, 4.69) is 20.6 Å². The van der Waals surface area contributed by atoms with E-state index in [9.17, 15) is 4.79 Å². The van der Waals surface area contributed by atoms with E-state index in [1.165, 1.54) is 0 Å². The van der Waals surface area contributed by atoms with Crippen molar-refractivity contribution in [1.82, 2.24) is 20.6 Å². The van der Waals surface area contributed by atoms with Crippen molar-refractivity contribution in [2.24, 2.45) is 0 Å². The maximum atomic E-state index is 12.8. The van der Waals surface area contributed by atoms with Crippen molar-refractivity contribution >= 4 is 16.8 Å². The number of aromatic nitrogens is 2. The van der Waals surface area contributed by atoms with Gasteiger partial charge in [-0.2, -0.15) is 0 Å². The fourth-order valence-electron chi connectivity index (χ4n) is 3.39. The monoisotopic (exact) mass is 320 g/mol. The molecule has 1 aliphatic rings. The Kier molecular flexibility index (Phi) is 3.39. The number of para-hydroxylation sites is 1. The second-order valence-electron chi connectivity index (χ2n) is 6.53. The Bertz CT molecular complexity index is 924. The molecule has 0 aliphatic carbocycles. The van der Waals surface area contributed by atoms with Crippen molar-refractivity contribution < 1.29 is 4.79 Å². The van der Waals surface area contributed by atoms with Crippen LogP contribution in [0.4, 0.5) is 0 Å². The fourth-order valence-corrected chi connectivity index (χ4v) is 3.39. The zero-order chi connectivity index (χ0) is 16.7. The maximum absolute atomic E-state index is 12.8. The Morgan fingerprint density at radius 2 is 1.96 bits per heavy atom. The van der Waals surface area contributed by atoms with Crippen LogP contribution >= 0.6 is 0 Å². The number of nitrogens with zero attached hydrogens (tertiary/aromatic N) is 1. The molecule has 0 unspecified atom stereocenters. The molecular weight excluding hydrogens is 300 g/mol. The lowest BCUT2D eigenvalue weighted by atomic mass is 9.85. The summed E-state index contributed by atoms with van der Waals surface area (Å²) in [5, 5.41) is 7.49. The molecule has 2 aromatic heterocycles. The second-order valence-corrected chi connectivity index (χ2v) is 6.53. The highest BCUT2D eigenvalue weighted by atomic mass is 16.2. The Labute approximate surface area is 140 Å². The molecule has 0 atom stereocenters. The van der Waals surface area contributed by atoms with Gasteiger partial charge >= 0.3 is 0 Å². The third-order valence-corrected chi connectivity index (χ3v) is 4.78. The topological polar surface area (TPSA) is 69.8 Å². The number of carbonyl (C=O) groups is 1. The van der Waals surface area contributed by atoms with Crippen LogP contribution in [0.1, 0.15) is 27.3 Å². The van der Waals surface area contributed by atoms with Gasteiger partial charge in [0.05, 0.1) is 5.69 Å². The van der Waals surface area contributed by atoms with Gasteiger partial charge in [-0.15, -0.1) is 0 Å². The molecule has 0 spiro atoms. The molecule has 24 heavy (non-hydrogen) atoms. The van der Waals surface area contributed by atoms with Crippen LogP contribution < -0.4 is 10.6 Å². The van der Waals surface area contributed by atoms with Gasteiger partial charge in [-0.05, 0) is 37.1 Å². The normalized spacial score (nSPS) is 15.9. The molecule has 1 aliphatic heterocycles. The first-order chi connectivity index (χ1) is 11.6. The molecule has 0 saturated carbocycles. The Morgan fingerprint density at radius 3 is 2.62 bits per heavy atom. The van der Waals surface area contributed by atoms with Gasteiger partial charge in [-0.3, -0.25) is 9.78 Å². The molecule has 0 bridgehead atoms. The number of hydrogen-bond donors (Lipinski definition) is 3. The minimum absolute atomic E-state index is 0.0999. The third kappa shape index (κ3) is 2.29. The number of aromatic amines is 1. The first kappa shape index (κ1) is 14.9. The molecule has 3 heterocycles. The van der Waals surface area contributed by atoms with E-state index in [1.807, 2.05) is 50.2 Å². The van der Waals surface area contributed by atoms with E-state index >= 15 is 0 Å². The van der Waals surface area contributed by atoms with Gasteiger partial charge in [0.25, 0.3) is 5.91 Å². The van der Waals surface area contributed by atoms with Gasteiger partial charge in [0.1, 0.15) is 11.2 Å². The summed E-state index contributed by atoms with van der Waals surface area (Å²) in [6.07, 6.45) is 1.78. The number of aryl methyl sites for hydroxylation is 2. The molecule has 122 valence electrons. The Balaban J connectivity index is 1.67. The number of rotatable bonds is 3. The smallest absolute Gasteiger partial charge is 0.268 e. The zero-order valence-electron chi connectivity index (χ0n) is 13.8. The number of fused-ring (bicyclic) bond motifs is 1. The summed E-state index contributed by atoms with van der Waals surface area (Å²) >= 11 is 0. The first-order valence-corrected chi connectivity index (χ1v) is 8.13. The van der Waals surface area contributed by atoms with Crippen LogP contribution in [0.5, 0.6) is 0 Å². The second kappa shape index (κ2) is 5.46. The number of H-pyrrole nitrogens is 1. The SMILES string of the molecule is Cc1cccnc1C1(NC(=O)c2cc3cccc(C)c3[nH]2)CNC1. The predicted octanol–water partition coefficient (Wildman–Crippen LogP) is 2.41. The molecule has 0 radical (unpaired) electrons. The van der Waals surface area contributed by atoms with Crippen LogP contribution in [0.25, 0.3) is 10.9 Å². The van der Waals surface area contributed by atoms with Crippen molar-refractivity contribution in [1.29, 1.82) is 0 Å². The molecule has 1 aromatic carbocycles. The van der Waals surface area contributed by atoms with Crippen molar-refractivity contribution in [2.45, 2.75) is 19.4 Å². The van der Waals surface area contributed by atoms with Gasteiger partial charge in [0.2, 0.25) is 0 Å². The van der Waals surface area contributed by atoms with Crippen LogP contribution in [0.2, 0.25) is 0 Å². The molecule has 1 fully saturated rings. The zero-order valence-corrected chi connectivity index (χ0v) is 13.8. The lowest BCUT2D eigenvalue weighted by Crippen LogP contribution is -2.66. The van der Waals surface area contributed by atoms with Crippen LogP contribution in [0.3, 0.4) is 0 Å². The molecule has 3 N–H and O–H groups in total. The number of benzene rings is 1. The molecule has 4 rings (SSSR count). The summed E-state index contributed by atoms with van der Waals surface area (Å²) in [7, 11) is 0. The van der Waals surface area contributed by atoms with E-state index in [0.29, 0.717) is 18.8 Å². The minimum atomic E-state index is -0.436. The summed E-state index contributed by atoms with van der Waals surface area (Å²) in [4.78, 5) is 20.6. The van der Waals surface area contributed by atoms with E-state index in [-0.39, 0.29) is 5.91 Å². The highest BCUT2D eigenvalue weighted by Crippen LogP contribution is 2.27. The Hall–Kier alpha value is -2.66. The van der Waals surface area contributed by atoms with E-state index in [0.717, 1.165) is 27.7 Å². The van der Waals surface area contributed by atoms with Crippen LogP contribution in [0.15, 0.2) is 42.6 Å². The molecule has 5 heteroatoms. The number of amides is 1. The van der Waals surface area contributed by atoms with Crippen LogP contribution in [0, 0.1) is 13.8 Å². The standard InChI is InChI=1S/C19H20N4O/c1-12-5-3-7-14-9-15(22-16(12)14)18(24)23-19(10-20-11-19)17-13(2)6-4-8-21-17/h3-9,20,22H,10-11H2,1-2H3,(H,23,24). The molecular formula is C19H20N4O. The summed E-state index contributed by atoms with van der Waals surface area (Å²) < 4.78 is 0. The molecule has 5 nitrogen and oxygen atoms in total. The van der Waals surface area contributed by atoms with Crippen molar-refractivity contribution in [3.63, 3.8) is 0 Å². The van der Waals surface area contributed by atoms with Crippen LogP contribution in [-0.4, -0.2) is 29.0 Å². The number of pyridine rings is 1. The lowest BCUT2D eigenvalue weighted by Gasteiger charge is -2.43. The minimum Gasteiger partial charge on any atom is -0.350 e. The largest absolute Gasteiger partial charge is 0.350 e. The molecule has 3 aromatic rings. The van der Waals surface area contributed by atoms with Gasteiger partial charge in [0.15, 0.2) is 0 Å². The van der Waals surface area contributed by atoms with Crippen molar-refractivity contribution in [3.8, 4) is 0 Å². The Morgan fingerprint density at radius 1 is 1.17 bits per heavy atom. The van der Waals surface area contributed by atoms with Gasteiger partial charge in [-0.1, -0.05) is 24.3 Å². The number of carbonyl (C=O) groups excluding carboxylic acids is 1. The first-order valence-electron chi connectivity index (χ1n) is 8.13. The van der Waals surface area contributed by atoms with Gasteiger partial charge in [0, 0.05) is 30.2 Å². The lowest BCUT2D eigenvalue weighted by molar-refractivity contribution is 0.0843. The quantitative estimate of drug-likeness (QED) is 0.694. The highest BCUT2D eigenvalue weighted by molar-refractivity contribution is 5.99. The molecule has 1 saturated heterocycles. The average Bonchev–Trinajstić information content (AvgIpc) is 2.97. The third-order valence-electron chi connectivity index (χ3n) is 4.78. The predicted molar refractivity (Wildman–Crippen MR) is 94.0 cm³/mol. The highest BCUT2D eigenvalue weighted by Gasteiger charge is 2.42. The fraction of sp³-hybridized carbons (Fsp3) is 0.263. The summed E-state index contributed by atoms with van der Waals surface area (Å²) in [5.74, 6) is -0.0999. The maximum Gasteiger partial charge on any atom is 0.268 e. The van der Waals surface area contributed by atoms with E-state index < -0.39 is 5.54 Å². The number of nitrogens with one attached hydrogen (secondary N) is 3.